The average molecular weight is 444 g/mol. The van der Waals surface area contributed by atoms with E-state index in [9.17, 15) is 0 Å². The zero-order chi connectivity index (χ0) is 16.3. The van der Waals surface area contributed by atoms with Crippen LogP contribution < -0.4 is 10.6 Å². The van der Waals surface area contributed by atoms with Crippen molar-refractivity contribution in [1.82, 2.24) is 15.5 Å². The molecule has 5 heteroatoms. The fourth-order valence-corrected chi connectivity index (χ4v) is 3.15. The van der Waals surface area contributed by atoms with Gasteiger partial charge in [0.05, 0.1) is 0 Å². The van der Waals surface area contributed by atoms with E-state index < -0.39 is 0 Å². The molecule has 2 rings (SSSR count). The molecule has 0 saturated carbocycles. The summed E-state index contributed by atoms with van der Waals surface area (Å²) in [5.74, 6) is 0.951. The zero-order valence-corrected chi connectivity index (χ0v) is 17.5. The predicted molar refractivity (Wildman–Crippen MR) is 114 cm³/mol. The van der Waals surface area contributed by atoms with Crippen LogP contribution in [0.25, 0.3) is 0 Å². The van der Waals surface area contributed by atoms with Gasteiger partial charge in [-0.3, -0.25) is 4.99 Å². The van der Waals surface area contributed by atoms with Gasteiger partial charge in [-0.1, -0.05) is 37.3 Å². The Bertz CT molecular complexity index is 456. The number of aliphatic imine (C=N–C) groups is 1. The molecule has 2 N–H and O–H groups in total. The van der Waals surface area contributed by atoms with Gasteiger partial charge in [0.25, 0.3) is 0 Å². The number of guanidine groups is 1. The Morgan fingerprint density at radius 3 is 2.54 bits per heavy atom. The number of hydrogen-bond donors (Lipinski definition) is 2. The van der Waals surface area contributed by atoms with Crippen molar-refractivity contribution in [2.24, 2.45) is 4.99 Å². The van der Waals surface area contributed by atoms with Crippen LogP contribution in [0.2, 0.25) is 0 Å². The lowest BCUT2D eigenvalue weighted by molar-refractivity contribution is 0.206. The summed E-state index contributed by atoms with van der Waals surface area (Å²) in [6.07, 6.45) is 5.91. The summed E-state index contributed by atoms with van der Waals surface area (Å²) in [6.45, 7) is 6.86. The van der Waals surface area contributed by atoms with Gasteiger partial charge in [-0.05, 0) is 44.2 Å². The lowest BCUT2D eigenvalue weighted by atomic mass is 10.1. The Morgan fingerprint density at radius 1 is 1.21 bits per heavy atom. The van der Waals surface area contributed by atoms with E-state index in [1.54, 1.807) is 0 Å². The van der Waals surface area contributed by atoms with Crippen LogP contribution in [0.5, 0.6) is 0 Å². The molecule has 136 valence electrons. The second kappa shape index (κ2) is 12.5. The molecule has 1 saturated heterocycles. The smallest absolute Gasteiger partial charge is 0.191 e. The van der Waals surface area contributed by atoms with Crippen LogP contribution in [0.1, 0.15) is 38.2 Å². The Hall–Kier alpha value is -0.820. The molecular formula is C19H33IN4. The first-order chi connectivity index (χ1) is 11.3. The third kappa shape index (κ3) is 7.83. The van der Waals surface area contributed by atoms with Crippen molar-refractivity contribution < 1.29 is 0 Å². The standard InChI is InChI=1S/C19H32N4.HI/c1-3-14-23-15-11-18(12-16-23)22-19(20-2)21-13-7-10-17-8-5-4-6-9-17;/h4-6,8-9,18H,3,7,10-16H2,1-2H3,(H2,20,21,22);1H. The van der Waals surface area contributed by atoms with Crippen molar-refractivity contribution in [3.05, 3.63) is 35.9 Å². The number of piperidine rings is 1. The lowest BCUT2D eigenvalue weighted by Crippen LogP contribution is -2.48. The van der Waals surface area contributed by atoms with Crippen molar-refractivity contribution in [2.75, 3.05) is 33.2 Å². The maximum absolute atomic E-state index is 4.36. The number of rotatable bonds is 7. The van der Waals surface area contributed by atoms with Crippen molar-refractivity contribution in [3.8, 4) is 0 Å². The highest BCUT2D eigenvalue weighted by Gasteiger charge is 2.19. The van der Waals surface area contributed by atoms with Gasteiger partial charge < -0.3 is 15.5 Å². The fourth-order valence-electron chi connectivity index (χ4n) is 3.15. The van der Waals surface area contributed by atoms with Crippen molar-refractivity contribution >= 4 is 29.9 Å². The van der Waals surface area contributed by atoms with Gasteiger partial charge in [0.15, 0.2) is 5.96 Å². The number of aryl methyl sites for hydroxylation is 1. The summed E-state index contributed by atoms with van der Waals surface area (Å²) in [7, 11) is 1.86. The number of hydrogen-bond acceptors (Lipinski definition) is 2. The summed E-state index contributed by atoms with van der Waals surface area (Å²) in [4.78, 5) is 6.93. The molecule has 1 aromatic rings. The van der Waals surface area contributed by atoms with Crippen LogP contribution in [0.3, 0.4) is 0 Å². The van der Waals surface area contributed by atoms with Gasteiger partial charge in [-0.2, -0.15) is 0 Å². The molecule has 1 aromatic carbocycles. The van der Waals surface area contributed by atoms with E-state index in [1.807, 2.05) is 7.05 Å². The van der Waals surface area contributed by atoms with E-state index in [1.165, 1.54) is 44.5 Å². The van der Waals surface area contributed by atoms with E-state index in [0.29, 0.717) is 6.04 Å². The maximum atomic E-state index is 4.36. The normalized spacial score (nSPS) is 16.5. The molecule has 0 radical (unpaired) electrons. The quantitative estimate of drug-likeness (QED) is 0.294. The van der Waals surface area contributed by atoms with Gasteiger partial charge in [-0.25, -0.2) is 0 Å². The van der Waals surface area contributed by atoms with Crippen LogP contribution in [0.4, 0.5) is 0 Å². The minimum absolute atomic E-state index is 0. The molecule has 1 aliphatic rings. The lowest BCUT2D eigenvalue weighted by Gasteiger charge is -2.32. The third-order valence-electron chi connectivity index (χ3n) is 4.47. The predicted octanol–water partition coefficient (Wildman–Crippen LogP) is 3.28. The zero-order valence-electron chi connectivity index (χ0n) is 15.1. The number of nitrogens with one attached hydrogen (secondary N) is 2. The number of halogens is 1. The van der Waals surface area contributed by atoms with E-state index in [4.69, 9.17) is 0 Å². The molecule has 0 atom stereocenters. The first-order valence-corrected chi connectivity index (χ1v) is 9.05. The highest BCUT2D eigenvalue weighted by Crippen LogP contribution is 2.10. The van der Waals surface area contributed by atoms with Crippen LogP contribution in [0.15, 0.2) is 35.3 Å². The van der Waals surface area contributed by atoms with Crippen LogP contribution in [0, 0.1) is 0 Å². The van der Waals surface area contributed by atoms with Gasteiger partial charge in [0.2, 0.25) is 0 Å². The summed E-state index contributed by atoms with van der Waals surface area (Å²) >= 11 is 0. The summed E-state index contributed by atoms with van der Waals surface area (Å²) in [5, 5.41) is 7.03. The topological polar surface area (TPSA) is 39.7 Å². The molecule has 1 aliphatic heterocycles. The first-order valence-electron chi connectivity index (χ1n) is 9.05. The molecule has 1 heterocycles. The van der Waals surface area contributed by atoms with Crippen LogP contribution in [-0.4, -0.2) is 50.1 Å². The van der Waals surface area contributed by atoms with Gasteiger partial charge in [0.1, 0.15) is 0 Å². The Kier molecular flexibility index (Phi) is 11.1. The highest BCUT2D eigenvalue weighted by molar-refractivity contribution is 14.0. The van der Waals surface area contributed by atoms with Gasteiger partial charge >= 0.3 is 0 Å². The monoisotopic (exact) mass is 444 g/mol. The molecule has 0 unspecified atom stereocenters. The van der Waals surface area contributed by atoms with Crippen molar-refractivity contribution in [3.63, 3.8) is 0 Å². The fraction of sp³-hybridized carbons (Fsp3) is 0.632. The van der Waals surface area contributed by atoms with E-state index in [2.05, 4.69) is 57.8 Å². The van der Waals surface area contributed by atoms with Gasteiger partial charge in [0, 0.05) is 32.7 Å². The number of likely N-dealkylation sites (tertiary alicyclic amines) is 1. The molecule has 0 aromatic heterocycles. The average Bonchev–Trinajstić information content (AvgIpc) is 2.60. The second-order valence-corrected chi connectivity index (χ2v) is 6.35. The first kappa shape index (κ1) is 21.2. The summed E-state index contributed by atoms with van der Waals surface area (Å²) in [6, 6.07) is 11.2. The summed E-state index contributed by atoms with van der Waals surface area (Å²) in [5.41, 5.74) is 1.40. The Balaban J connectivity index is 0.00000288. The minimum Gasteiger partial charge on any atom is -0.356 e. The molecule has 24 heavy (non-hydrogen) atoms. The highest BCUT2D eigenvalue weighted by atomic mass is 127. The largest absolute Gasteiger partial charge is 0.356 e. The van der Waals surface area contributed by atoms with Gasteiger partial charge in [-0.15, -0.1) is 24.0 Å². The molecule has 0 aliphatic carbocycles. The molecule has 0 bridgehead atoms. The van der Waals surface area contributed by atoms with Crippen molar-refractivity contribution in [2.45, 2.75) is 45.1 Å². The molecule has 4 nitrogen and oxygen atoms in total. The third-order valence-corrected chi connectivity index (χ3v) is 4.47. The number of benzene rings is 1. The minimum atomic E-state index is 0. The molecule has 1 fully saturated rings. The van der Waals surface area contributed by atoms with E-state index >= 15 is 0 Å². The molecule has 0 amide bonds. The number of nitrogens with zero attached hydrogens (tertiary/aromatic N) is 2. The molecule has 0 spiro atoms. The van der Waals surface area contributed by atoms with Crippen LogP contribution >= 0.6 is 24.0 Å². The van der Waals surface area contributed by atoms with E-state index in [-0.39, 0.29) is 24.0 Å². The SMILES string of the molecule is CCCN1CCC(NC(=NC)NCCCc2ccccc2)CC1.I. The van der Waals surface area contributed by atoms with Crippen LogP contribution in [-0.2, 0) is 6.42 Å². The Labute approximate surface area is 164 Å². The Morgan fingerprint density at radius 2 is 1.92 bits per heavy atom. The van der Waals surface area contributed by atoms with E-state index in [0.717, 1.165) is 25.3 Å². The summed E-state index contributed by atoms with van der Waals surface area (Å²) < 4.78 is 0. The van der Waals surface area contributed by atoms with Crippen molar-refractivity contribution in [1.29, 1.82) is 0 Å². The molecular weight excluding hydrogens is 411 g/mol. The second-order valence-electron chi connectivity index (χ2n) is 6.35. The maximum Gasteiger partial charge on any atom is 0.191 e.